The lowest BCUT2D eigenvalue weighted by Gasteiger charge is -2.33. The molecule has 0 aliphatic carbocycles. The van der Waals surface area contributed by atoms with Crippen molar-refractivity contribution in [1.82, 2.24) is 4.98 Å². The highest BCUT2D eigenvalue weighted by molar-refractivity contribution is 7.91. The van der Waals surface area contributed by atoms with Crippen molar-refractivity contribution in [1.29, 1.82) is 0 Å². The number of hydrogen-bond donors (Lipinski definition) is 0. The first kappa shape index (κ1) is 17.0. The molecule has 0 spiro atoms. The molecule has 1 aromatic heterocycles. The van der Waals surface area contributed by atoms with Gasteiger partial charge in [0.15, 0.2) is 5.03 Å². The van der Waals surface area contributed by atoms with Gasteiger partial charge < -0.3 is 4.90 Å². The van der Waals surface area contributed by atoms with E-state index >= 15 is 0 Å². The molecule has 0 unspecified atom stereocenters. The van der Waals surface area contributed by atoms with Gasteiger partial charge >= 0.3 is 0 Å². The van der Waals surface area contributed by atoms with Crippen LogP contribution in [0.1, 0.15) is 19.8 Å². The van der Waals surface area contributed by atoms with Crippen LogP contribution < -0.4 is 4.90 Å². The molecule has 3 aromatic rings. The van der Waals surface area contributed by atoms with E-state index in [1.165, 1.54) is 0 Å². The Morgan fingerprint density at radius 2 is 1.62 bits per heavy atom. The minimum Gasteiger partial charge on any atom is -0.371 e. The Labute approximate surface area is 154 Å². The number of nitrogens with zero attached hydrogens (tertiary/aromatic N) is 2. The lowest BCUT2D eigenvalue weighted by molar-refractivity contribution is 0.439. The normalized spacial score (nSPS) is 16.1. The number of para-hydroxylation sites is 1. The first-order valence-corrected chi connectivity index (χ1v) is 10.5. The maximum Gasteiger partial charge on any atom is 0.223 e. The SMILES string of the molecule is CC1CCN(c2cc(S(=O)(=O)c3ccccc3)nc3ccccc23)CC1. The Morgan fingerprint density at radius 1 is 0.962 bits per heavy atom. The van der Waals surface area contributed by atoms with Crippen molar-refractivity contribution in [3.63, 3.8) is 0 Å². The van der Waals surface area contributed by atoms with Gasteiger partial charge in [-0.2, -0.15) is 0 Å². The van der Waals surface area contributed by atoms with E-state index in [9.17, 15) is 8.42 Å². The number of fused-ring (bicyclic) bond motifs is 1. The van der Waals surface area contributed by atoms with Gasteiger partial charge in [-0.25, -0.2) is 13.4 Å². The summed E-state index contributed by atoms with van der Waals surface area (Å²) in [5, 5.41) is 1.13. The average molecular weight is 366 g/mol. The van der Waals surface area contributed by atoms with E-state index in [4.69, 9.17) is 0 Å². The van der Waals surface area contributed by atoms with Gasteiger partial charge in [0.2, 0.25) is 9.84 Å². The molecule has 0 bridgehead atoms. The van der Waals surface area contributed by atoms with E-state index in [1.807, 2.05) is 30.3 Å². The standard InChI is InChI=1S/C21H22N2O2S/c1-16-11-13-23(14-12-16)20-15-21(22-19-10-6-5-9-18(19)20)26(24,25)17-7-3-2-4-8-17/h2-10,15-16H,11-14H2,1H3. The number of hydrogen-bond acceptors (Lipinski definition) is 4. The molecule has 2 heterocycles. The Morgan fingerprint density at radius 3 is 2.35 bits per heavy atom. The predicted octanol–water partition coefficient (Wildman–Crippen LogP) is 4.30. The summed E-state index contributed by atoms with van der Waals surface area (Å²) < 4.78 is 26.2. The molecule has 1 aliphatic rings. The summed E-state index contributed by atoms with van der Waals surface area (Å²) in [5.41, 5.74) is 1.69. The zero-order valence-electron chi connectivity index (χ0n) is 14.8. The molecule has 134 valence electrons. The molecular formula is C21H22N2O2S. The summed E-state index contributed by atoms with van der Waals surface area (Å²) in [6.07, 6.45) is 2.24. The molecule has 1 aliphatic heterocycles. The number of sulfone groups is 1. The number of rotatable bonds is 3. The van der Waals surface area contributed by atoms with Gasteiger partial charge in [-0.3, -0.25) is 0 Å². The third kappa shape index (κ3) is 3.07. The highest BCUT2D eigenvalue weighted by Gasteiger charge is 2.24. The van der Waals surface area contributed by atoms with Crippen LogP contribution in [-0.2, 0) is 9.84 Å². The van der Waals surface area contributed by atoms with Crippen LogP contribution in [0, 0.1) is 5.92 Å². The molecule has 4 nitrogen and oxygen atoms in total. The summed E-state index contributed by atoms with van der Waals surface area (Å²) in [4.78, 5) is 7.06. The van der Waals surface area contributed by atoms with Crippen molar-refractivity contribution in [2.75, 3.05) is 18.0 Å². The molecule has 0 saturated carbocycles. The number of aromatic nitrogens is 1. The quantitative estimate of drug-likeness (QED) is 0.693. The van der Waals surface area contributed by atoms with E-state index in [2.05, 4.69) is 16.8 Å². The third-order valence-electron chi connectivity index (χ3n) is 5.12. The van der Waals surface area contributed by atoms with E-state index in [0.717, 1.165) is 42.5 Å². The van der Waals surface area contributed by atoms with Gasteiger partial charge in [0.05, 0.1) is 10.4 Å². The van der Waals surface area contributed by atoms with Gasteiger partial charge in [0, 0.05) is 24.2 Å². The van der Waals surface area contributed by atoms with Crippen molar-refractivity contribution < 1.29 is 8.42 Å². The van der Waals surface area contributed by atoms with Gasteiger partial charge in [-0.15, -0.1) is 0 Å². The van der Waals surface area contributed by atoms with Crippen molar-refractivity contribution in [3.05, 3.63) is 60.7 Å². The fourth-order valence-electron chi connectivity index (χ4n) is 3.50. The molecule has 5 heteroatoms. The largest absolute Gasteiger partial charge is 0.371 e. The molecule has 0 radical (unpaired) electrons. The minimum absolute atomic E-state index is 0.121. The minimum atomic E-state index is -3.64. The zero-order valence-corrected chi connectivity index (χ0v) is 15.6. The number of anilines is 1. The lowest BCUT2D eigenvalue weighted by atomic mass is 9.98. The summed E-state index contributed by atoms with van der Waals surface area (Å²) in [6.45, 7) is 4.16. The Kier molecular flexibility index (Phi) is 4.41. The maximum atomic E-state index is 13.1. The molecule has 0 amide bonds. The summed E-state index contributed by atoms with van der Waals surface area (Å²) in [7, 11) is -3.64. The van der Waals surface area contributed by atoms with Crippen LogP contribution in [-0.4, -0.2) is 26.5 Å². The molecule has 1 saturated heterocycles. The van der Waals surface area contributed by atoms with Gasteiger partial charge in [0.1, 0.15) is 0 Å². The van der Waals surface area contributed by atoms with Crippen molar-refractivity contribution in [2.24, 2.45) is 5.92 Å². The predicted molar refractivity (Wildman–Crippen MR) is 104 cm³/mol. The van der Waals surface area contributed by atoms with Gasteiger partial charge in [-0.05, 0) is 43.0 Å². The van der Waals surface area contributed by atoms with Crippen LogP contribution in [0.2, 0.25) is 0 Å². The molecule has 2 aromatic carbocycles. The topological polar surface area (TPSA) is 50.3 Å². The smallest absolute Gasteiger partial charge is 0.223 e. The number of benzene rings is 2. The third-order valence-corrected chi connectivity index (χ3v) is 6.78. The fraction of sp³-hybridized carbons (Fsp3) is 0.286. The number of piperidine rings is 1. The highest BCUT2D eigenvalue weighted by Crippen LogP contribution is 2.33. The van der Waals surface area contributed by atoms with E-state index in [0.29, 0.717) is 5.92 Å². The van der Waals surface area contributed by atoms with Gasteiger partial charge in [-0.1, -0.05) is 43.3 Å². The summed E-state index contributed by atoms with van der Waals surface area (Å²) in [6, 6.07) is 18.1. The Bertz CT molecular complexity index is 1020. The lowest BCUT2D eigenvalue weighted by Crippen LogP contribution is -2.33. The summed E-state index contributed by atoms with van der Waals surface area (Å²) in [5.74, 6) is 0.715. The second kappa shape index (κ2) is 6.72. The van der Waals surface area contributed by atoms with Crippen LogP contribution in [0.3, 0.4) is 0 Å². The van der Waals surface area contributed by atoms with E-state index in [1.54, 1.807) is 30.3 Å². The molecule has 4 rings (SSSR count). The van der Waals surface area contributed by atoms with Crippen LogP contribution >= 0.6 is 0 Å². The van der Waals surface area contributed by atoms with Crippen molar-refractivity contribution in [2.45, 2.75) is 29.7 Å². The molecule has 26 heavy (non-hydrogen) atoms. The second-order valence-corrected chi connectivity index (χ2v) is 8.88. The molecule has 1 fully saturated rings. The second-order valence-electron chi connectivity index (χ2n) is 6.98. The molecular weight excluding hydrogens is 344 g/mol. The summed E-state index contributed by atoms with van der Waals surface area (Å²) >= 11 is 0. The van der Waals surface area contributed by atoms with Crippen LogP contribution in [0.25, 0.3) is 10.9 Å². The Hall–Kier alpha value is -2.40. The van der Waals surface area contributed by atoms with E-state index in [-0.39, 0.29) is 9.92 Å². The molecule has 0 atom stereocenters. The fourth-order valence-corrected chi connectivity index (χ4v) is 4.74. The maximum absolute atomic E-state index is 13.1. The van der Waals surface area contributed by atoms with Crippen molar-refractivity contribution in [3.8, 4) is 0 Å². The van der Waals surface area contributed by atoms with Crippen LogP contribution in [0.15, 0.2) is 70.6 Å². The van der Waals surface area contributed by atoms with Gasteiger partial charge in [0.25, 0.3) is 0 Å². The Balaban J connectivity index is 1.87. The number of pyridine rings is 1. The highest BCUT2D eigenvalue weighted by atomic mass is 32.2. The van der Waals surface area contributed by atoms with Crippen LogP contribution in [0.4, 0.5) is 5.69 Å². The average Bonchev–Trinajstić information content (AvgIpc) is 2.68. The first-order chi connectivity index (χ1) is 12.6. The monoisotopic (exact) mass is 366 g/mol. The zero-order chi connectivity index (χ0) is 18.1. The molecule has 0 N–H and O–H groups in total. The first-order valence-electron chi connectivity index (χ1n) is 9.00. The van der Waals surface area contributed by atoms with Crippen LogP contribution in [0.5, 0.6) is 0 Å². The van der Waals surface area contributed by atoms with Crippen molar-refractivity contribution >= 4 is 26.4 Å². The van der Waals surface area contributed by atoms with E-state index < -0.39 is 9.84 Å².